The molecule has 1 heterocycles. The summed E-state index contributed by atoms with van der Waals surface area (Å²) in [6, 6.07) is 4.31. The summed E-state index contributed by atoms with van der Waals surface area (Å²) in [5.74, 6) is -0.781. The number of nitro groups is 1. The summed E-state index contributed by atoms with van der Waals surface area (Å²) in [6.07, 6.45) is 5.99. The molecule has 1 aromatic carbocycles. The first-order chi connectivity index (χ1) is 11.0. The van der Waals surface area contributed by atoms with Crippen LogP contribution in [0.1, 0.15) is 18.4 Å². The molecular weight excluding hydrogens is 296 g/mol. The highest BCUT2D eigenvalue weighted by Crippen LogP contribution is 2.50. The van der Waals surface area contributed by atoms with Crippen LogP contribution in [0.25, 0.3) is 0 Å². The normalized spacial score (nSPS) is 31.6. The Morgan fingerprint density at radius 1 is 1.09 bits per heavy atom. The van der Waals surface area contributed by atoms with Gasteiger partial charge in [0.15, 0.2) is 0 Å². The topological polar surface area (TPSA) is 80.5 Å². The molecule has 2 amide bonds. The van der Waals surface area contributed by atoms with Crippen LogP contribution in [0.2, 0.25) is 0 Å². The zero-order valence-corrected chi connectivity index (χ0v) is 12.6. The highest BCUT2D eigenvalue weighted by atomic mass is 16.6. The van der Waals surface area contributed by atoms with Gasteiger partial charge in [-0.15, -0.1) is 0 Å². The maximum atomic E-state index is 12.9. The van der Waals surface area contributed by atoms with Gasteiger partial charge in [-0.25, -0.2) is 4.90 Å². The monoisotopic (exact) mass is 312 g/mol. The van der Waals surface area contributed by atoms with Crippen molar-refractivity contribution in [3.8, 4) is 0 Å². The van der Waals surface area contributed by atoms with Crippen LogP contribution in [0, 0.1) is 40.7 Å². The van der Waals surface area contributed by atoms with Crippen molar-refractivity contribution in [3.63, 3.8) is 0 Å². The van der Waals surface area contributed by atoms with Crippen molar-refractivity contribution in [2.24, 2.45) is 23.7 Å². The van der Waals surface area contributed by atoms with Gasteiger partial charge in [0.1, 0.15) is 0 Å². The summed E-state index contributed by atoms with van der Waals surface area (Å²) >= 11 is 0. The Bertz CT molecular complexity index is 738. The summed E-state index contributed by atoms with van der Waals surface area (Å²) < 4.78 is 0. The number of hydrogen-bond acceptors (Lipinski definition) is 4. The van der Waals surface area contributed by atoms with Gasteiger partial charge in [0.25, 0.3) is 5.69 Å². The summed E-state index contributed by atoms with van der Waals surface area (Å²) in [7, 11) is 0. The molecule has 1 aromatic rings. The number of nitrogens with zero attached hydrogens (tertiary/aromatic N) is 2. The number of aryl methyl sites for hydroxylation is 1. The van der Waals surface area contributed by atoms with E-state index in [0.29, 0.717) is 11.3 Å². The molecule has 23 heavy (non-hydrogen) atoms. The molecule has 6 nitrogen and oxygen atoms in total. The van der Waals surface area contributed by atoms with E-state index in [0.717, 1.165) is 12.8 Å². The van der Waals surface area contributed by atoms with E-state index in [1.165, 1.54) is 17.0 Å². The zero-order chi connectivity index (χ0) is 16.3. The number of benzene rings is 1. The maximum absolute atomic E-state index is 12.9. The first-order valence-electron chi connectivity index (χ1n) is 7.80. The number of imide groups is 1. The average molecular weight is 312 g/mol. The number of rotatable bonds is 2. The van der Waals surface area contributed by atoms with Crippen molar-refractivity contribution in [2.75, 3.05) is 4.90 Å². The van der Waals surface area contributed by atoms with Crippen LogP contribution < -0.4 is 4.90 Å². The van der Waals surface area contributed by atoms with Crippen LogP contribution in [0.3, 0.4) is 0 Å². The second-order valence-corrected chi connectivity index (χ2v) is 6.58. The van der Waals surface area contributed by atoms with Crippen LogP contribution in [0.5, 0.6) is 0 Å². The number of amides is 2. The molecule has 3 aliphatic carbocycles. The Balaban J connectivity index is 1.79. The summed E-state index contributed by atoms with van der Waals surface area (Å²) in [4.78, 5) is 37.4. The number of non-ortho nitro benzene ring substituents is 1. The lowest BCUT2D eigenvalue weighted by molar-refractivity contribution is -0.384. The van der Waals surface area contributed by atoms with Gasteiger partial charge in [-0.1, -0.05) is 18.2 Å². The molecular formula is C17H16N2O4. The molecule has 4 aliphatic rings. The Morgan fingerprint density at radius 3 is 2.13 bits per heavy atom. The van der Waals surface area contributed by atoms with Crippen LogP contribution in [0.4, 0.5) is 11.4 Å². The largest absolute Gasteiger partial charge is 0.274 e. The number of carbonyl (C=O) groups excluding carboxylic acids is 2. The smallest absolute Gasteiger partial charge is 0.271 e. The van der Waals surface area contributed by atoms with E-state index in [4.69, 9.17) is 0 Å². The SMILES string of the molecule is Cc1ccc([N+](=O)[O-])cc1N1C(=O)[C@H]2[C@H](C1=O)[C@H]1C=C[C@H]2CC1. The molecule has 0 spiro atoms. The van der Waals surface area contributed by atoms with E-state index in [2.05, 4.69) is 12.2 Å². The van der Waals surface area contributed by atoms with Crippen molar-refractivity contribution < 1.29 is 14.5 Å². The lowest BCUT2D eigenvalue weighted by Gasteiger charge is -2.38. The number of allylic oxidation sites excluding steroid dienone is 2. The fraction of sp³-hybridized carbons (Fsp3) is 0.412. The molecule has 0 N–H and O–H groups in total. The first-order valence-corrected chi connectivity index (χ1v) is 7.80. The Morgan fingerprint density at radius 2 is 1.65 bits per heavy atom. The zero-order valence-electron chi connectivity index (χ0n) is 12.6. The molecule has 0 radical (unpaired) electrons. The molecule has 2 bridgehead atoms. The number of carbonyl (C=O) groups is 2. The van der Waals surface area contributed by atoms with Gasteiger partial charge in [-0.05, 0) is 37.2 Å². The van der Waals surface area contributed by atoms with Gasteiger partial charge in [0, 0.05) is 12.1 Å². The molecule has 2 fully saturated rings. The van der Waals surface area contributed by atoms with Crippen molar-refractivity contribution in [1.82, 2.24) is 0 Å². The van der Waals surface area contributed by atoms with Gasteiger partial charge in [-0.3, -0.25) is 19.7 Å². The van der Waals surface area contributed by atoms with Crippen LogP contribution >= 0.6 is 0 Å². The van der Waals surface area contributed by atoms with Gasteiger partial charge >= 0.3 is 0 Å². The van der Waals surface area contributed by atoms with Crippen molar-refractivity contribution in [1.29, 1.82) is 0 Å². The summed E-state index contributed by atoms with van der Waals surface area (Å²) in [5.41, 5.74) is 0.932. The molecule has 0 unspecified atom stereocenters. The van der Waals surface area contributed by atoms with Crippen molar-refractivity contribution in [3.05, 3.63) is 46.0 Å². The molecule has 0 aromatic heterocycles. The second kappa shape index (κ2) is 4.75. The lowest BCUT2D eigenvalue weighted by atomic mass is 9.63. The van der Waals surface area contributed by atoms with E-state index in [-0.39, 0.29) is 41.2 Å². The van der Waals surface area contributed by atoms with Gasteiger partial charge in [0.2, 0.25) is 11.8 Å². The van der Waals surface area contributed by atoms with Gasteiger partial charge < -0.3 is 0 Å². The Kier molecular flexibility index (Phi) is 2.91. The molecule has 1 aliphatic heterocycles. The van der Waals surface area contributed by atoms with Gasteiger partial charge in [0.05, 0.1) is 22.4 Å². The minimum absolute atomic E-state index is 0.109. The predicted octanol–water partition coefficient (Wildman–Crippen LogP) is 2.60. The lowest BCUT2D eigenvalue weighted by Crippen LogP contribution is -2.38. The van der Waals surface area contributed by atoms with E-state index in [1.54, 1.807) is 13.0 Å². The Hall–Kier alpha value is -2.50. The van der Waals surface area contributed by atoms with E-state index < -0.39 is 4.92 Å². The molecule has 118 valence electrons. The highest BCUT2D eigenvalue weighted by Gasteiger charge is 2.57. The van der Waals surface area contributed by atoms with Crippen molar-refractivity contribution >= 4 is 23.2 Å². The second-order valence-electron chi connectivity index (χ2n) is 6.58. The van der Waals surface area contributed by atoms with Crippen molar-refractivity contribution in [2.45, 2.75) is 19.8 Å². The highest BCUT2D eigenvalue weighted by molar-refractivity contribution is 6.23. The van der Waals surface area contributed by atoms with Crippen LogP contribution in [-0.2, 0) is 9.59 Å². The third kappa shape index (κ3) is 1.87. The number of hydrogen-bond donors (Lipinski definition) is 0. The maximum Gasteiger partial charge on any atom is 0.271 e. The molecule has 4 atom stereocenters. The summed E-state index contributed by atoms with van der Waals surface area (Å²) in [5, 5.41) is 11.0. The van der Waals surface area contributed by atoms with E-state index in [9.17, 15) is 19.7 Å². The standard InChI is InChI=1S/C17H16N2O4/c1-9-2-7-12(19(22)23)8-13(9)18-16(20)14-10-3-4-11(6-5-10)15(14)17(18)21/h2-4,7-8,10-11,14-15H,5-6H2,1H3/t10-,11-,14+,15+/m0/s1. The van der Waals surface area contributed by atoms with Crippen LogP contribution in [-0.4, -0.2) is 16.7 Å². The summed E-state index contributed by atoms with van der Waals surface area (Å²) in [6.45, 7) is 1.76. The first kappa shape index (κ1) is 14.1. The minimum Gasteiger partial charge on any atom is -0.274 e. The predicted molar refractivity (Wildman–Crippen MR) is 82.7 cm³/mol. The number of nitro benzene ring substituents is 1. The third-order valence-electron chi connectivity index (χ3n) is 5.40. The molecule has 1 saturated heterocycles. The van der Waals surface area contributed by atoms with Gasteiger partial charge in [-0.2, -0.15) is 0 Å². The number of anilines is 1. The fourth-order valence-electron chi connectivity index (χ4n) is 4.26. The fourth-order valence-corrected chi connectivity index (χ4v) is 4.26. The molecule has 1 saturated carbocycles. The van der Waals surface area contributed by atoms with E-state index in [1.807, 2.05) is 0 Å². The van der Waals surface area contributed by atoms with E-state index >= 15 is 0 Å². The molecule has 5 rings (SSSR count). The molecule has 6 heteroatoms. The Labute approximate surface area is 132 Å². The number of fused-ring (bicyclic) bond motifs is 1. The minimum atomic E-state index is -0.508. The average Bonchev–Trinajstić information content (AvgIpc) is 2.83. The third-order valence-corrected chi connectivity index (χ3v) is 5.40. The van der Waals surface area contributed by atoms with Crippen LogP contribution in [0.15, 0.2) is 30.4 Å². The quantitative estimate of drug-likeness (QED) is 0.364.